The van der Waals surface area contributed by atoms with Crippen molar-refractivity contribution in [3.63, 3.8) is 0 Å². The molecule has 0 bridgehead atoms. The van der Waals surface area contributed by atoms with E-state index in [1.54, 1.807) is 19.2 Å². The SMILES string of the molecule is CCCc1noc2cc(F)c(Oc3ccc(C(C)OC)cc3O)c(N3CCCCC3)c12. The number of fused-ring (bicyclic) bond motifs is 1. The summed E-state index contributed by atoms with van der Waals surface area (Å²) < 4.78 is 32.1. The fourth-order valence-electron chi connectivity index (χ4n) is 4.14. The van der Waals surface area contributed by atoms with Crippen molar-refractivity contribution in [1.29, 1.82) is 0 Å². The Hall–Kier alpha value is -2.80. The second kappa shape index (κ2) is 9.14. The number of methoxy groups -OCH3 is 1. The monoisotopic (exact) mass is 428 g/mol. The van der Waals surface area contributed by atoms with Gasteiger partial charge in [-0.05, 0) is 50.3 Å². The van der Waals surface area contributed by atoms with E-state index in [-0.39, 0.29) is 23.4 Å². The van der Waals surface area contributed by atoms with E-state index in [0.717, 1.165) is 61.8 Å². The van der Waals surface area contributed by atoms with Crippen molar-refractivity contribution < 1.29 is 23.5 Å². The molecule has 7 heteroatoms. The maximum absolute atomic E-state index is 15.3. The van der Waals surface area contributed by atoms with Gasteiger partial charge in [-0.3, -0.25) is 0 Å². The molecule has 3 aromatic rings. The molecule has 1 atom stereocenters. The highest BCUT2D eigenvalue weighted by atomic mass is 19.1. The summed E-state index contributed by atoms with van der Waals surface area (Å²) in [6.07, 6.45) is 4.66. The van der Waals surface area contributed by atoms with Gasteiger partial charge in [0.25, 0.3) is 0 Å². The highest BCUT2D eigenvalue weighted by molar-refractivity contribution is 5.97. The number of phenolic OH excluding ortho intramolecular Hbond substituents is 1. The number of benzene rings is 2. The van der Waals surface area contributed by atoms with E-state index in [4.69, 9.17) is 14.0 Å². The zero-order valence-corrected chi connectivity index (χ0v) is 18.3. The Labute approximate surface area is 181 Å². The first-order valence-corrected chi connectivity index (χ1v) is 10.9. The second-order valence-corrected chi connectivity index (χ2v) is 8.04. The average Bonchev–Trinajstić information content (AvgIpc) is 3.17. The van der Waals surface area contributed by atoms with Crippen LogP contribution in [0.25, 0.3) is 11.0 Å². The zero-order valence-electron chi connectivity index (χ0n) is 18.3. The molecule has 1 saturated heterocycles. The average molecular weight is 429 g/mol. The van der Waals surface area contributed by atoms with Gasteiger partial charge in [0.15, 0.2) is 28.6 Å². The number of phenols is 1. The number of ether oxygens (including phenoxy) is 2. The van der Waals surface area contributed by atoms with E-state index in [1.807, 2.05) is 13.0 Å². The molecule has 6 nitrogen and oxygen atoms in total. The molecule has 1 N–H and O–H groups in total. The Balaban J connectivity index is 1.83. The van der Waals surface area contributed by atoms with Gasteiger partial charge in [0.2, 0.25) is 0 Å². The van der Waals surface area contributed by atoms with Crippen molar-refractivity contribution in [3.8, 4) is 17.2 Å². The number of aromatic nitrogens is 1. The number of piperidine rings is 1. The lowest BCUT2D eigenvalue weighted by Crippen LogP contribution is -2.30. The summed E-state index contributed by atoms with van der Waals surface area (Å²) in [4.78, 5) is 2.15. The molecule has 2 heterocycles. The summed E-state index contributed by atoms with van der Waals surface area (Å²) in [7, 11) is 1.61. The molecule has 0 amide bonds. The largest absolute Gasteiger partial charge is 0.504 e. The minimum absolute atomic E-state index is 0.0652. The van der Waals surface area contributed by atoms with Gasteiger partial charge >= 0.3 is 0 Å². The molecule has 0 spiro atoms. The lowest BCUT2D eigenvalue weighted by atomic mass is 10.0. The molecule has 0 radical (unpaired) electrons. The number of nitrogens with zero attached hydrogens (tertiary/aromatic N) is 2. The van der Waals surface area contributed by atoms with Crippen molar-refractivity contribution in [1.82, 2.24) is 5.16 Å². The summed E-state index contributed by atoms with van der Waals surface area (Å²) >= 11 is 0. The van der Waals surface area contributed by atoms with E-state index in [0.29, 0.717) is 11.3 Å². The van der Waals surface area contributed by atoms with Crippen LogP contribution in [0.2, 0.25) is 0 Å². The summed E-state index contributed by atoms with van der Waals surface area (Å²) in [6.45, 7) is 5.57. The van der Waals surface area contributed by atoms with Crippen molar-refractivity contribution in [2.75, 3.05) is 25.1 Å². The van der Waals surface area contributed by atoms with Crippen LogP contribution >= 0.6 is 0 Å². The standard InChI is InChI=1S/C24H29FN2O4/c1-4-8-18-22-21(31-26-18)14-17(25)24(23(22)27-11-6-5-7-12-27)30-20-10-9-16(13-19(20)28)15(2)29-3/h9-10,13-15,28H,4-8,11-12H2,1-3H3. The Morgan fingerprint density at radius 3 is 2.68 bits per heavy atom. The predicted octanol–water partition coefficient (Wildman–Crippen LogP) is 6.12. The van der Waals surface area contributed by atoms with Crippen LogP contribution in [0.3, 0.4) is 0 Å². The maximum Gasteiger partial charge on any atom is 0.187 e. The van der Waals surface area contributed by atoms with Crippen molar-refractivity contribution in [3.05, 3.63) is 41.3 Å². The number of rotatable bonds is 7. The summed E-state index contributed by atoms with van der Waals surface area (Å²) in [5, 5.41) is 15.6. The molecule has 166 valence electrons. The Bertz CT molecular complexity index is 1060. The molecule has 1 unspecified atom stereocenters. The van der Waals surface area contributed by atoms with Gasteiger partial charge in [-0.2, -0.15) is 0 Å². The Morgan fingerprint density at radius 2 is 2.00 bits per heavy atom. The molecule has 0 saturated carbocycles. The molecule has 31 heavy (non-hydrogen) atoms. The van der Waals surface area contributed by atoms with Crippen molar-refractivity contribution in [2.45, 2.75) is 52.1 Å². The Kier molecular flexibility index (Phi) is 6.32. The topological polar surface area (TPSA) is 68.0 Å². The van der Waals surface area contributed by atoms with Crippen LogP contribution in [-0.4, -0.2) is 30.5 Å². The van der Waals surface area contributed by atoms with E-state index in [2.05, 4.69) is 17.0 Å². The minimum Gasteiger partial charge on any atom is -0.504 e. The lowest BCUT2D eigenvalue weighted by molar-refractivity contribution is 0.119. The molecule has 1 aliphatic rings. The first-order valence-electron chi connectivity index (χ1n) is 10.9. The van der Waals surface area contributed by atoms with Gasteiger partial charge in [-0.1, -0.05) is 24.6 Å². The van der Waals surface area contributed by atoms with Crippen molar-refractivity contribution in [2.24, 2.45) is 0 Å². The molecule has 2 aromatic carbocycles. The maximum atomic E-state index is 15.3. The number of aromatic hydroxyl groups is 1. The summed E-state index contributed by atoms with van der Waals surface area (Å²) in [5.41, 5.74) is 2.69. The van der Waals surface area contributed by atoms with Crippen LogP contribution in [0.5, 0.6) is 17.2 Å². The normalized spacial score (nSPS) is 15.4. The van der Waals surface area contributed by atoms with Gasteiger partial charge in [0, 0.05) is 26.3 Å². The Morgan fingerprint density at radius 1 is 1.23 bits per heavy atom. The number of anilines is 1. The molecular weight excluding hydrogens is 399 g/mol. The molecular formula is C24H29FN2O4. The van der Waals surface area contributed by atoms with E-state index in [9.17, 15) is 5.11 Å². The minimum atomic E-state index is -0.541. The first kappa shape index (κ1) is 21.4. The number of halogens is 1. The van der Waals surface area contributed by atoms with Crippen LogP contribution in [0.1, 0.15) is 56.9 Å². The molecule has 4 rings (SSSR count). The smallest absolute Gasteiger partial charge is 0.187 e. The van der Waals surface area contributed by atoms with E-state index in [1.165, 1.54) is 6.07 Å². The predicted molar refractivity (Wildman–Crippen MR) is 118 cm³/mol. The van der Waals surface area contributed by atoms with Gasteiger partial charge in [0.05, 0.1) is 22.9 Å². The quantitative estimate of drug-likeness (QED) is 0.489. The van der Waals surface area contributed by atoms with Crippen LogP contribution < -0.4 is 9.64 Å². The first-order chi connectivity index (χ1) is 15.0. The van der Waals surface area contributed by atoms with Gasteiger partial charge in [0.1, 0.15) is 0 Å². The van der Waals surface area contributed by atoms with Crippen molar-refractivity contribution >= 4 is 16.7 Å². The molecule has 1 fully saturated rings. The van der Waals surface area contributed by atoms with Crippen LogP contribution in [0.15, 0.2) is 28.8 Å². The van der Waals surface area contributed by atoms with Gasteiger partial charge in [-0.25, -0.2) is 4.39 Å². The van der Waals surface area contributed by atoms with Crippen LogP contribution in [-0.2, 0) is 11.2 Å². The highest BCUT2D eigenvalue weighted by Crippen LogP contribution is 2.45. The number of hydrogen-bond donors (Lipinski definition) is 1. The molecule has 1 aliphatic heterocycles. The van der Waals surface area contributed by atoms with Gasteiger partial charge in [-0.15, -0.1) is 0 Å². The summed E-state index contributed by atoms with van der Waals surface area (Å²) in [6, 6.07) is 6.36. The van der Waals surface area contributed by atoms with Gasteiger partial charge < -0.3 is 24.0 Å². The summed E-state index contributed by atoms with van der Waals surface area (Å²) in [5.74, 6) is -0.319. The van der Waals surface area contributed by atoms with E-state index < -0.39 is 5.82 Å². The fraction of sp³-hybridized carbons (Fsp3) is 0.458. The fourth-order valence-corrected chi connectivity index (χ4v) is 4.14. The molecule has 0 aliphatic carbocycles. The van der Waals surface area contributed by atoms with Crippen LogP contribution in [0.4, 0.5) is 10.1 Å². The third-order valence-corrected chi connectivity index (χ3v) is 5.89. The third-order valence-electron chi connectivity index (χ3n) is 5.89. The number of aryl methyl sites for hydroxylation is 1. The second-order valence-electron chi connectivity index (χ2n) is 8.04. The third kappa shape index (κ3) is 4.19. The van der Waals surface area contributed by atoms with Crippen LogP contribution in [0, 0.1) is 5.82 Å². The highest BCUT2D eigenvalue weighted by Gasteiger charge is 2.27. The zero-order chi connectivity index (χ0) is 22.0. The van der Waals surface area contributed by atoms with E-state index >= 15 is 4.39 Å². The molecule has 1 aromatic heterocycles. The number of hydrogen-bond acceptors (Lipinski definition) is 6. The lowest BCUT2D eigenvalue weighted by Gasteiger charge is -2.31.